The van der Waals surface area contributed by atoms with E-state index in [9.17, 15) is 18.0 Å². The van der Waals surface area contributed by atoms with Crippen molar-refractivity contribution >= 4 is 49.1 Å². The Balaban J connectivity index is 1.57. The fraction of sp³-hybridized carbons (Fsp3) is 0.625. The molecule has 144 valence electrons. The summed E-state index contributed by atoms with van der Waals surface area (Å²) in [4.78, 5) is 26.2. The molecular weight excluding hydrogens is 442 g/mol. The minimum Gasteiger partial charge on any atom is -0.347 e. The fourth-order valence-corrected chi connectivity index (χ4v) is 7.01. The lowest BCUT2D eigenvalue weighted by Crippen LogP contribution is -2.47. The summed E-state index contributed by atoms with van der Waals surface area (Å²) >= 11 is 4.44. The molecule has 2 fully saturated rings. The van der Waals surface area contributed by atoms with Crippen molar-refractivity contribution in [2.45, 2.75) is 29.9 Å². The average Bonchev–Trinajstić information content (AvgIpc) is 3.31. The summed E-state index contributed by atoms with van der Waals surface area (Å²) in [5.41, 5.74) is 0. The van der Waals surface area contributed by atoms with Crippen molar-refractivity contribution in [1.29, 1.82) is 0 Å². The molecule has 3 rings (SSSR count). The summed E-state index contributed by atoms with van der Waals surface area (Å²) in [6.07, 6.45) is 3.27. The number of likely N-dealkylation sites (tertiary alicyclic amines) is 1. The Bertz CT molecular complexity index is 774. The van der Waals surface area contributed by atoms with Crippen LogP contribution in [-0.4, -0.2) is 62.2 Å². The van der Waals surface area contributed by atoms with Gasteiger partial charge in [-0.2, -0.15) is 4.31 Å². The summed E-state index contributed by atoms with van der Waals surface area (Å²) in [6, 6.07) is 3.28. The van der Waals surface area contributed by atoms with Gasteiger partial charge in [0.2, 0.25) is 11.8 Å². The molecule has 1 unspecified atom stereocenters. The van der Waals surface area contributed by atoms with Crippen molar-refractivity contribution in [2.75, 3.05) is 32.7 Å². The number of nitrogens with zero attached hydrogens (tertiary/aromatic N) is 2. The number of rotatable bonds is 5. The molecule has 2 aliphatic rings. The van der Waals surface area contributed by atoms with E-state index in [2.05, 4.69) is 21.2 Å². The lowest BCUT2D eigenvalue weighted by atomic mass is 9.99. The minimum atomic E-state index is -3.59. The van der Waals surface area contributed by atoms with E-state index in [1.165, 1.54) is 4.31 Å². The van der Waals surface area contributed by atoms with Crippen LogP contribution in [0.5, 0.6) is 0 Å². The zero-order valence-corrected chi connectivity index (χ0v) is 17.5. The van der Waals surface area contributed by atoms with E-state index < -0.39 is 15.9 Å². The van der Waals surface area contributed by atoms with Crippen LogP contribution in [0.1, 0.15) is 25.7 Å². The van der Waals surface area contributed by atoms with Gasteiger partial charge in [-0.1, -0.05) is 0 Å². The molecular formula is C16H22BrN3O4S2. The number of carbonyl (C=O) groups is 2. The smallest absolute Gasteiger partial charge is 0.252 e. The van der Waals surface area contributed by atoms with E-state index in [-0.39, 0.29) is 29.1 Å². The number of sulfonamides is 1. The van der Waals surface area contributed by atoms with Gasteiger partial charge in [0.15, 0.2) is 0 Å². The first-order valence-electron chi connectivity index (χ1n) is 8.69. The van der Waals surface area contributed by atoms with Crippen LogP contribution in [0.4, 0.5) is 0 Å². The van der Waals surface area contributed by atoms with Gasteiger partial charge < -0.3 is 10.2 Å². The van der Waals surface area contributed by atoms with Crippen molar-refractivity contribution in [2.24, 2.45) is 5.92 Å². The van der Waals surface area contributed by atoms with Crippen LogP contribution in [0.3, 0.4) is 0 Å². The zero-order valence-electron chi connectivity index (χ0n) is 14.3. The molecule has 2 amide bonds. The Morgan fingerprint density at radius 1 is 1.19 bits per heavy atom. The Morgan fingerprint density at radius 2 is 1.92 bits per heavy atom. The second-order valence-electron chi connectivity index (χ2n) is 6.57. The van der Waals surface area contributed by atoms with E-state index in [1.54, 1.807) is 17.0 Å². The van der Waals surface area contributed by atoms with E-state index in [1.807, 2.05) is 0 Å². The van der Waals surface area contributed by atoms with E-state index in [0.717, 1.165) is 41.1 Å². The number of carbonyl (C=O) groups excluding carboxylic acids is 2. The highest BCUT2D eigenvalue weighted by Gasteiger charge is 2.34. The van der Waals surface area contributed by atoms with Crippen molar-refractivity contribution < 1.29 is 18.0 Å². The third-order valence-electron chi connectivity index (χ3n) is 4.77. The third kappa shape index (κ3) is 4.47. The standard InChI is InChI=1S/C16H22BrN3O4S2/c17-13-5-6-15(25-13)26(23,24)20-9-3-4-12(11-20)16(22)18-10-14(21)19-7-1-2-8-19/h5-6,12H,1-4,7-11H2,(H,18,22). The first kappa shape index (κ1) is 19.8. The van der Waals surface area contributed by atoms with Crippen molar-refractivity contribution in [3.05, 3.63) is 15.9 Å². The first-order chi connectivity index (χ1) is 12.4. The molecule has 1 aromatic heterocycles. The molecule has 0 radical (unpaired) electrons. The highest BCUT2D eigenvalue weighted by molar-refractivity contribution is 9.11. The number of nitrogens with one attached hydrogen (secondary N) is 1. The lowest BCUT2D eigenvalue weighted by molar-refractivity contribution is -0.133. The van der Waals surface area contributed by atoms with Crippen LogP contribution >= 0.6 is 27.3 Å². The second-order valence-corrected chi connectivity index (χ2v) is 11.2. The summed E-state index contributed by atoms with van der Waals surface area (Å²) in [5.74, 6) is -0.738. The number of thiophene rings is 1. The molecule has 7 nitrogen and oxygen atoms in total. The summed E-state index contributed by atoms with van der Waals surface area (Å²) in [6.45, 7) is 2.05. The van der Waals surface area contributed by atoms with Gasteiger partial charge in [0, 0.05) is 26.2 Å². The van der Waals surface area contributed by atoms with E-state index in [0.29, 0.717) is 19.4 Å². The second kappa shape index (κ2) is 8.37. The predicted molar refractivity (Wildman–Crippen MR) is 102 cm³/mol. The molecule has 2 aliphatic heterocycles. The highest BCUT2D eigenvalue weighted by atomic mass is 79.9. The Hall–Kier alpha value is -0.970. The quantitative estimate of drug-likeness (QED) is 0.718. The van der Waals surface area contributed by atoms with Crippen molar-refractivity contribution in [3.63, 3.8) is 0 Å². The number of amides is 2. The average molecular weight is 464 g/mol. The van der Waals surface area contributed by atoms with Gasteiger partial charge in [-0.3, -0.25) is 9.59 Å². The largest absolute Gasteiger partial charge is 0.347 e. The van der Waals surface area contributed by atoms with Gasteiger partial charge in [-0.15, -0.1) is 11.3 Å². The Labute approximate surface area is 165 Å². The molecule has 0 aliphatic carbocycles. The van der Waals surface area contributed by atoms with Gasteiger partial charge >= 0.3 is 0 Å². The number of halogens is 1. The molecule has 10 heteroatoms. The maximum absolute atomic E-state index is 12.7. The summed E-state index contributed by atoms with van der Waals surface area (Å²) < 4.78 is 27.9. The summed E-state index contributed by atoms with van der Waals surface area (Å²) in [5, 5.41) is 2.69. The predicted octanol–water partition coefficient (Wildman–Crippen LogP) is 1.65. The number of hydrogen-bond acceptors (Lipinski definition) is 5. The monoisotopic (exact) mass is 463 g/mol. The van der Waals surface area contributed by atoms with Gasteiger partial charge in [-0.05, 0) is 53.7 Å². The van der Waals surface area contributed by atoms with Gasteiger partial charge in [0.1, 0.15) is 4.21 Å². The molecule has 26 heavy (non-hydrogen) atoms. The molecule has 0 aromatic carbocycles. The van der Waals surface area contributed by atoms with Crippen molar-refractivity contribution in [3.8, 4) is 0 Å². The van der Waals surface area contributed by atoms with Crippen molar-refractivity contribution in [1.82, 2.24) is 14.5 Å². The Kier molecular flexibility index (Phi) is 6.37. The third-order valence-corrected chi connectivity index (χ3v) is 8.73. The molecule has 2 saturated heterocycles. The SMILES string of the molecule is O=C(NCC(=O)N1CCCC1)C1CCCN(S(=O)(=O)c2ccc(Br)s2)C1. The maximum atomic E-state index is 12.7. The zero-order chi connectivity index (χ0) is 18.7. The van der Waals surface area contributed by atoms with Crippen LogP contribution < -0.4 is 5.32 Å². The normalized spacial score (nSPS) is 21.7. The minimum absolute atomic E-state index is 0.0139. The summed E-state index contributed by atoms with van der Waals surface area (Å²) in [7, 11) is -3.59. The molecule has 0 bridgehead atoms. The molecule has 0 spiro atoms. The molecule has 0 saturated carbocycles. The molecule has 3 heterocycles. The lowest BCUT2D eigenvalue weighted by Gasteiger charge is -2.30. The molecule has 1 aromatic rings. The number of piperidine rings is 1. The maximum Gasteiger partial charge on any atom is 0.252 e. The van der Waals surface area contributed by atoms with Crippen LogP contribution in [-0.2, 0) is 19.6 Å². The van der Waals surface area contributed by atoms with E-state index >= 15 is 0 Å². The highest BCUT2D eigenvalue weighted by Crippen LogP contribution is 2.30. The Morgan fingerprint density at radius 3 is 2.58 bits per heavy atom. The van der Waals surface area contributed by atoms with Crippen LogP contribution in [0.15, 0.2) is 20.1 Å². The molecule has 1 atom stereocenters. The van der Waals surface area contributed by atoms with Crippen LogP contribution in [0.25, 0.3) is 0 Å². The fourth-order valence-electron chi connectivity index (χ4n) is 3.32. The first-order valence-corrected chi connectivity index (χ1v) is 11.7. The van der Waals surface area contributed by atoms with Gasteiger partial charge in [0.05, 0.1) is 16.2 Å². The van der Waals surface area contributed by atoms with E-state index in [4.69, 9.17) is 0 Å². The van der Waals surface area contributed by atoms with Crippen LogP contribution in [0, 0.1) is 5.92 Å². The number of hydrogen-bond donors (Lipinski definition) is 1. The molecule has 1 N–H and O–H groups in total. The van der Waals surface area contributed by atoms with Gasteiger partial charge in [0.25, 0.3) is 10.0 Å². The topological polar surface area (TPSA) is 86.8 Å². The van der Waals surface area contributed by atoms with Gasteiger partial charge in [-0.25, -0.2) is 8.42 Å². The van der Waals surface area contributed by atoms with Crippen LogP contribution in [0.2, 0.25) is 0 Å².